The number of amides is 4. The van der Waals surface area contributed by atoms with E-state index in [1.54, 1.807) is 177 Å². The second kappa shape index (κ2) is 49.9. The van der Waals surface area contributed by atoms with E-state index in [0.29, 0.717) is 50.8 Å². The molecule has 132 heavy (non-hydrogen) atoms. The summed E-state index contributed by atoms with van der Waals surface area (Å²) in [4.78, 5) is 139. The average Bonchev–Trinajstić information content (AvgIpc) is 0.678. The van der Waals surface area contributed by atoms with Crippen LogP contribution in [-0.4, -0.2) is 263 Å². The fraction of sp³-hybridized carbons (Fsp3) is 0.604. The summed E-state index contributed by atoms with van der Waals surface area (Å²) in [6, 6.07) is 30.4. The van der Waals surface area contributed by atoms with Crippen LogP contribution >= 0.6 is 0 Å². The number of carbonyl (C=O) groups is 10. The minimum Gasteiger partial charge on any atom is -0.455 e. The number of nitrogens with one attached hydrogen (secondary N) is 4. The van der Waals surface area contributed by atoms with E-state index in [0.717, 1.165) is 12.8 Å². The summed E-state index contributed by atoms with van der Waals surface area (Å²) in [6.45, 7) is 23.6. The topological polar surface area (TPSA) is 473 Å². The van der Waals surface area contributed by atoms with Crippen LogP contribution in [0, 0.1) is 222 Å². The number of ketones is 2. The van der Waals surface area contributed by atoms with E-state index in [4.69, 9.17) is 47.4 Å². The fourth-order valence-corrected chi connectivity index (χ4v) is 21.2. The molecule has 8 aliphatic rings. The Bertz CT molecular complexity index is 4400. The Kier molecular flexibility index (Phi) is 43.7. The van der Waals surface area contributed by atoms with E-state index >= 15 is 0 Å². The Balaban J connectivity index is 0.000000350. The number of fused-ring (bicyclic) bond motifs is 10. The van der Waals surface area contributed by atoms with Gasteiger partial charge in [-0.15, -0.1) is 0 Å². The first-order valence-corrected chi connectivity index (χ1v) is 44.5. The van der Waals surface area contributed by atoms with Crippen LogP contribution in [0.1, 0.15) is 191 Å². The van der Waals surface area contributed by atoms with Crippen LogP contribution in [0.2, 0.25) is 0 Å². The van der Waals surface area contributed by atoms with Crippen LogP contribution in [0.25, 0.3) is 0 Å². The number of ether oxygens (including phenoxy) is 10. The van der Waals surface area contributed by atoms with Gasteiger partial charge >= 0.3 is 23.9 Å². The molecule has 4 aromatic rings. The van der Waals surface area contributed by atoms with Gasteiger partial charge < -0.3 is 109 Å². The minimum atomic E-state index is -1.89. The smallest absolute Gasteiger partial charge is 0.350 e. The van der Waals surface area contributed by atoms with E-state index in [2.05, 4.69) is 21.3 Å². The van der Waals surface area contributed by atoms with E-state index < -0.39 is 213 Å². The van der Waals surface area contributed by atoms with Gasteiger partial charge in [0.25, 0.3) is 11.8 Å². The van der Waals surface area contributed by atoms with Crippen LogP contribution < -0.4 is 21.3 Å². The SMILES string of the molecule is CCCOCCOCCNC(=O)CCC(=O)OC(C(=O)OC1CC2(O)C(C)C3C4(O)COC4CC(O)[C@@]3(C)C(=O)C(O)C(=C1C)C2(C)C)C(NC(=O)c1ccccc1)c1ccccc1.CCCOCCOCCNC(=O)CCC(=O)OC(C(=O)OC1CC2(O)C(C)C3C4(O)COC4CC(O)[C@@]3(C)C(=O)C(O)C(=C1C)C2(C)C)C(NC(=O)c1ccccc1)c1ccccc1.[Ac].[Ac].[Ac].[Ac]. The van der Waals surface area contributed by atoms with Crippen LogP contribution in [0.5, 0.6) is 0 Å². The van der Waals surface area contributed by atoms with E-state index in [1.807, 2.05) is 13.8 Å². The molecule has 4 aromatic carbocycles. The van der Waals surface area contributed by atoms with Crippen molar-refractivity contribution in [1.29, 1.82) is 0 Å². The van der Waals surface area contributed by atoms with Crippen molar-refractivity contribution in [2.75, 3.05) is 79.2 Å². The number of aliphatic hydroxyl groups is 8. The van der Waals surface area contributed by atoms with Crippen molar-refractivity contribution in [2.45, 2.75) is 243 Å². The summed E-state index contributed by atoms with van der Waals surface area (Å²) < 4.78 is 57.2. The van der Waals surface area contributed by atoms with Crippen molar-refractivity contribution in [3.05, 3.63) is 166 Å². The summed E-state index contributed by atoms with van der Waals surface area (Å²) in [7, 11) is 0. The number of esters is 4. The molecule has 36 heteroatoms. The third-order valence-electron chi connectivity index (χ3n) is 28.5. The molecule has 22 atom stereocenters. The van der Waals surface area contributed by atoms with Gasteiger partial charge in [0, 0.05) is 275 Å². The van der Waals surface area contributed by atoms with Gasteiger partial charge in [0.15, 0.2) is 11.6 Å². The molecule has 20 unspecified atom stereocenters. The average molecular weight is 2690 g/mol. The summed E-state index contributed by atoms with van der Waals surface area (Å²) in [5.41, 5.74) is -11.1. The molecular formula is C96H128Ac4N4O28. The number of carbonyl (C=O) groups excluding carboxylic acids is 10. The maximum Gasteiger partial charge on any atom is 0.350 e. The number of hydrogen-bond acceptors (Lipinski definition) is 28. The maximum absolute atomic E-state index is 14.8. The van der Waals surface area contributed by atoms with Gasteiger partial charge in [-0.25, -0.2) is 9.59 Å². The van der Waals surface area contributed by atoms with Gasteiger partial charge in [-0.3, -0.25) is 38.4 Å². The molecule has 12 rings (SSSR count). The van der Waals surface area contributed by atoms with Gasteiger partial charge in [-0.2, -0.15) is 0 Å². The number of Topliss-reactive ketones (excluding diaryl/α,β-unsaturated/α-hetero) is 2. The summed E-state index contributed by atoms with van der Waals surface area (Å²) in [5, 5.41) is 109. The Morgan fingerprint density at radius 1 is 0.447 bits per heavy atom. The van der Waals surface area contributed by atoms with Crippen molar-refractivity contribution < 1.29 is 312 Å². The molecule has 4 saturated carbocycles. The molecule has 712 valence electrons. The summed E-state index contributed by atoms with van der Waals surface area (Å²) in [5.74, 6) is -11.9. The molecule has 2 heterocycles. The number of hydrogen-bond donors (Lipinski definition) is 12. The molecule has 2 aliphatic heterocycles. The monoisotopic (exact) mass is 2690 g/mol. The fourth-order valence-electron chi connectivity index (χ4n) is 21.2. The second-order valence-corrected chi connectivity index (χ2v) is 36.7. The molecule has 6 aliphatic carbocycles. The molecule has 6 fully saturated rings. The van der Waals surface area contributed by atoms with Gasteiger partial charge in [-0.1, -0.05) is 152 Å². The van der Waals surface area contributed by atoms with Crippen LogP contribution in [0.3, 0.4) is 0 Å². The normalized spacial score (nSPS) is 30.5. The third kappa shape index (κ3) is 24.3. The number of benzene rings is 4. The predicted molar refractivity (Wildman–Crippen MR) is 460 cm³/mol. The third-order valence-corrected chi connectivity index (χ3v) is 28.5. The quantitative estimate of drug-likeness (QED) is 0.0111. The summed E-state index contributed by atoms with van der Waals surface area (Å²) >= 11 is 0. The Morgan fingerprint density at radius 2 is 0.758 bits per heavy atom. The molecule has 12 N–H and O–H groups in total. The number of aliphatic hydroxyl groups excluding tert-OH is 4. The van der Waals surface area contributed by atoms with E-state index in [9.17, 15) is 88.8 Å². The van der Waals surface area contributed by atoms with E-state index in [1.165, 1.54) is 13.8 Å². The molecule has 32 nitrogen and oxygen atoms in total. The standard InChI is InChI=1S/2C48H64N2O14.4Ac/c2*1-7-21-60-23-24-61-22-20-49-35(52)18-19-36(53)64-40(38(30-14-10-8-11-15-30)50-43(56)31-16-12-9-13-17-31)44(57)63-32-26-48(59)29(3)41-46(6,33(51)25-34-47(41,58)27-62-34)42(55)39(54)37(28(32)2)45(48,4)5;;;;/h2*8-17,29,32-34,38-41,51,54,58-59H,7,18-27H2,1-6H3,(H,49,52)(H,50,56);;;;/t2*29?,32?,33?,34?,38?,39?,40?,41?,46-,47?,48?;;;;/m11..../s1. The first-order chi connectivity index (χ1) is 60.6. The van der Waals surface area contributed by atoms with Gasteiger partial charge in [0.05, 0.1) is 112 Å². The molecule has 0 spiro atoms. The van der Waals surface area contributed by atoms with Crippen LogP contribution in [0.4, 0.5) is 0 Å². The molecule has 4 bridgehead atoms. The first kappa shape index (κ1) is 116. The Labute approximate surface area is 914 Å². The van der Waals surface area contributed by atoms with Crippen molar-refractivity contribution in [2.24, 2.45) is 45.3 Å². The summed E-state index contributed by atoms with van der Waals surface area (Å²) in [6.07, 6.45) is -14.7. The van der Waals surface area contributed by atoms with Crippen LogP contribution in [0.15, 0.2) is 144 Å². The van der Waals surface area contributed by atoms with Crippen molar-refractivity contribution in [3.8, 4) is 0 Å². The second-order valence-electron chi connectivity index (χ2n) is 36.7. The Hall–Kier alpha value is -3.33. The molecule has 0 aromatic heterocycles. The van der Waals surface area contributed by atoms with Crippen molar-refractivity contribution in [3.63, 3.8) is 0 Å². The van der Waals surface area contributed by atoms with Gasteiger partial charge in [-0.05, 0) is 110 Å². The van der Waals surface area contributed by atoms with Crippen molar-refractivity contribution in [1.82, 2.24) is 21.3 Å². The van der Waals surface area contributed by atoms with Gasteiger partial charge in [0.2, 0.25) is 24.0 Å². The van der Waals surface area contributed by atoms with Crippen LogP contribution in [-0.2, 0) is 85.7 Å². The molecule has 4 radical (unpaired) electrons. The molecular weight excluding hydrogens is 2570 g/mol. The maximum atomic E-state index is 14.8. The zero-order chi connectivity index (χ0) is 93.2. The predicted octanol–water partition coefficient (Wildman–Crippen LogP) is 5.79. The number of rotatable bonds is 36. The van der Waals surface area contributed by atoms with Crippen molar-refractivity contribution >= 4 is 59.1 Å². The zero-order valence-corrected chi connectivity index (χ0v) is 96.4. The largest absolute Gasteiger partial charge is 0.455 e. The first-order valence-electron chi connectivity index (χ1n) is 44.5. The van der Waals surface area contributed by atoms with E-state index in [-0.39, 0.29) is 288 Å². The zero-order valence-electron chi connectivity index (χ0n) is 77.4. The minimum absolute atomic E-state index is 0. The Morgan fingerprint density at radius 3 is 1.06 bits per heavy atom. The molecule has 4 amide bonds. The molecule has 2 saturated heterocycles. The van der Waals surface area contributed by atoms with Gasteiger partial charge in [0.1, 0.15) is 47.7 Å².